The molecule has 1 aromatic carbocycles. The van der Waals surface area contributed by atoms with E-state index in [-0.39, 0.29) is 11.3 Å². The van der Waals surface area contributed by atoms with Gasteiger partial charge >= 0.3 is 5.97 Å². The van der Waals surface area contributed by atoms with E-state index >= 15 is 0 Å². The van der Waals surface area contributed by atoms with E-state index in [1.165, 1.54) is 34.7 Å². The molecule has 2 aromatic heterocycles. The van der Waals surface area contributed by atoms with Gasteiger partial charge in [0.1, 0.15) is 9.88 Å². The van der Waals surface area contributed by atoms with Crippen molar-refractivity contribution in [3.63, 3.8) is 0 Å². The second kappa shape index (κ2) is 8.81. The van der Waals surface area contributed by atoms with Crippen LogP contribution in [0.25, 0.3) is 10.1 Å². The highest BCUT2D eigenvalue weighted by atomic mass is 35.5. The summed E-state index contributed by atoms with van der Waals surface area (Å²) in [6.45, 7) is 8.86. The third-order valence-electron chi connectivity index (χ3n) is 6.89. The van der Waals surface area contributed by atoms with Gasteiger partial charge in [0, 0.05) is 15.0 Å². The van der Waals surface area contributed by atoms with Gasteiger partial charge < -0.3 is 10.1 Å². The zero-order chi connectivity index (χ0) is 23.2. The van der Waals surface area contributed by atoms with Crippen LogP contribution in [0.2, 0.25) is 5.02 Å². The molecule has 0 unspecified atom stereocenters. The summed E-state index contributed by atoms with van der Waals surface area (Å²) in [4.78, 5) is 27.5. The largest absolute Gasteiger partial charge is 0.465 e. The van der Waals surface area contributed by atoms with Crippen LogP contribution < -0.4 is 5.32 Å². The van der Waals surface area contributed by atoms with Gasteiger partial charge in [-0.15, -0.1) is 22.7 Å². The van der Waals surface area contributed by atoms with Crippen LogP contribution in [0.3, 0.4) is 0 Å². The lowest BCUT2D eigenvalue weighted by molar-refractivity contribution is 0.0600. The minimum Gasteiger partial charge on any atom is -0.465 e. The Hall–Kier alpha value is -1.89. The number of benzene rings is 1. The quantitative estimate of drug-likeness (QED) is 0.377. The summed E-state index contributed by atoms with van der Waals surface area (Å²) < 4.78 is 6.06. The fraction of sp³-hybridized carbons (Fsp3) is 0.440. The van der Waals surface area contributed by atoms with E-state index in [1.807, 2.05) is 25.1 Å². The molecule has 0 fully saturated rings. The van der Waals surface area contributed by atoms with Crippen LogP contribution in [0.5, 0.6) is 0 Å². The zero-order valence-electron chi connectivity index (χ0n) is 19.1. The first kappa shape index (κ1) is 23.3. The SMILES string of the molecule is CCC(C)(C)[C@H]1CCc2c(sc(NC(=O)c3sc4cc(C)ccc4c3Cl)c2C(=O)OC)C1. The summed E-state index contributed by atoms with van der Waals surface area (Å²) >= 11 is 9.42. The number of carbonyl (C=O) groups is 2. The molecular weight excluding hydrogens is 462 g/mol. The Morgan fingerprint density at radius 2 is 2.03 bits per heavy atom. The van der Waals surface area contributed by atoms with Crippen LogP contribution in [-0.2, 0) is 17.6 Å². The van der Waals surface area contributed by atoms with Crippen LogP contribution in [0.1, 0.15) is 69.6 Å². The highest BCUT2D eigenvalue weighted by molar-refractivity contribution is 7.22. The minimum atomic E-state index is -0.399. The normalized spacial score (nSPS) is 16.1. The van der Waals surface area contributed by atoms with Gasteiger partial charge in [-0.2, -0.15) is 0 Å². The molecule has 0 saturated heterocycles. The van der Waals surface area contributed by atoms with Crippen LogP contribution in [0, 0.1) is 18.3 Å². The topological polar surface area (TPSA) is 55.4 Å². The molecule has 32 heavy (non-hydrogen) atoms. The van der Waals surface area contributed by atoms with Crippen molar-refractivity contribution < 1.29 is 14.3 Å². The third kappa shape index (κ3) is 4.09. The molecule has 2 heterocycles. The number of hydrogen-bond donors (Lipinski definition) is 1. The molecule has 4 rings (SSSR count). The molecule has 1 aliphatic rings. The van der Waals surface area contributed by atoms with Crippen molar-refractivity contribution in [2.45, 2.75) is 53.4 Å². The van der Waals surface area contributed by atoms with Crippen molar-refractivity contribution in [3.05, 3.63) is 49.7 Å². The predicted molar refractivity (Wildman–Crippen MR) is 135 cm³/mol. The van der Waals surface area contributed by atoms with Crippen molar-refractivity contribution in [2.75, 3.05) is 12.4 Å². The molecule has 0 saturated carbocycles. The molecule has 1 amide bonds. The van der Waals surface area contributed by atoms with Crippen LogP contribution in [-0.4, -0.2) is 19.0 Å². The van der Waals surface area contributed by atoms with E-state index in [2.05, 4.69) is 26.1 Å². The minimum absolute atomic E-state index is 0.235. The number of halogens is 1. The average Bonchev–Trinajstić information content (AvgIpc) is 3.29. The fourth-order valence-corrected chi connectivity index (χ4v) is 7.25. The number of esters is 1. The van der Waals surface area contributed by atoms with Gasteiger partial charge in [-0.1, -0.05) is 50.9 Å². The van der Waals surface area contributed by atoms with E-state index in [4.69, 9.17) is 16.3 Å². The molecule has 0 aliphatic heterocycles. The Labute approximate surface area is 201 Å². The van der Waals surface area contributed by atoms with Crippen molar-refractivity contribution in [2.24, 2.45) is 11.3 Å². The Balaban J connectivity index is 1.69. The first-order valence-corrected chi connectivity index (χ1v) is 12.9. The zero-order valence-corrected chi connectivity index (χ0v) is 21.4. The van der Waals surface area contributed by atoms with E-state index in [9.17, 15) is 9.59 Å². The molecule has 0 radical (unpaired) electrons. The fourth-order valence-electron chi connectivity index (χ4n) is 4.43. The Morgan fingerprint density at radius 3 is 2.72 bits per heavy atom. The van der Waals surface area contributed by atoms with Crippen molar-refractivity contribution in [3.8, 4) is 0 Å². The van der Waals surface area contributed by atoms with Gasteiger partial charge in [0.15, 0.2) is 0 Å². The first-order valence-electron chi connectivity index (χ1n) is 10.9. The standard InChI is InChI=1S/C25H28ClNO3S2/c1-6-25(3,4)14-8-10-15-18(12-14)32-23(19(15)24(29)30-5)27-22(28)21-20(26)16-9-7-13(2)11-17(16)31-21/h7,9,11,14H,6,8,10,12H2,1-5H3,(H,27,28)/t14-/m0/s1. The Kier molecular flexibility index (Phi) is 6.40. The number of carbonyl (C=O) groups excluding carboxylic acids is 2. The van der Waals surface area contributed by atoms with Crippen molar-refractivity contribution >= 4 is 61.2 Å². The lowest BCUT2D eigenvalue weighted by Gasteiger charge is -2.36. The van der Waals surface area contributed by atoms with E-state index in [0.29, 0.717) is 26.4 Å². The Morgan fingerprint density at radius 1 is 1.28 bits per heavy atom. The number of rotatable bonds is 5. The van der Waals surface area contributed by atoms with E-state index in [1.54, 1.807) is 0 Å². The van der Waals surface area contributed by atoms with Crippen molar-refractivity contribution in [1.29, 1.82) is 0 Å². The van der Waals surface area contributed by atoms with Crippen LogP contribution in [0.15, 0.2) is 18.2 Å². The average molecular weight is 490 g/mol. The summed E-state index contributed by atoms with van der Waals surface area (Å²) in [6.07, 6.45) is 3.88. The molecule has 1 N–H and O–H groups in total. The molecular formula is C25H28ClNO3S2. The summed E-state index contributed by atoms with van der Waals surface area (Å²) in [5, 5.41) is 4.87. The van der Waals surface area contributed by atoms with Gasteiger partial charge in [-0.25, -0.2) is 4.79 Å². The maximum Gasteiger partial charge on any atom is 0.341 e. The third-order valence-corrected chi connectivity index (χ3v) is 9.72. The highest BCUT2D eigenvalue weighted by Gasteiger charge is 2.36. The maximum absolute atomic E-state index is 13.2. The first-order chi connectivity index (χ1) is 15.2. The molecule has 4 nitrogen and oxygen atoms in total. The van der Waals surface area contributed by atoms with Gasteiger partial charge in [-0.3, -0.25) is 4.79 Å². The second-order valence-corrected chi connectivity index (χ2v) is 11.7. The molecule has 3 aromatic rings. The number of fused-ring (bicyclic) bond motifs is 2. The molecule has 1 atom stereocenters. The van der Waals surface area contributed by atoms with Gasteiger partial charge in [0.25, 0.3) is 5.91 Å². The molecule has 0 spiro atoms. The summed E-state index contributed by atoms with van der Waals surface area (Å²) in [5.74, 6) is -0.139. The summed E-state index contributed by atoms with van der Waals surface area (Å²) in [5.41, 5.74) is 2.88. The number of ether oxygens (including phenoxy) is 1. The maximum atomic E-state index is 13.2. The van der Waals surface area contributed by atoms with E-state index < -0.39 is 5.97 Å². The Bertz CT molecular complexity index is 1210. The predicted octanol–water partition coefficient (Wildman–Crippen LogP) is 7.50. The number of nitrogens with one attached hydrogen (secondary N) is 1. The van der Waals surface area contributed by atoms with Gasteiger partial charge in [-0.05, 0) is 54.7 Å². The number of methoxy groups -OCH3 is 1. The van der Waals surface area contributed by atoms with E-state index in [0.717, 1.165) is 46.9 Å². The number of amides is 1. The molecule has 1 aliphatic carbocycles. The summed E-state index contributed by atoms with van der Waals surface area (Å²) in [6, 6.07) is 5.96. The number of anilines is 1. The van der Waals surface area contributed by atoms with Gasteiger partial charge in [0.2, 0.25) is 0 Å². The number of hydrogen-bond acceptors (Lipinski definition) is 5. The lowest BCUT2D eigenvalue weighted by atomic mass is 9.69. The molecule has 7 heteroatoms. The molecule has 170 valence electrons. The van der Waals surface area contributed by atoms with Crippen LogP contribution >= 0.6 is 34.3 Å². The number of aryl methyl sites for hydroxylation is 1. The number of thiophene rings is 2. The highest BCUT2D eigenvalue weighted by Crippen LogP contribution is 2.46. The smallest absolute Gasteiger partial charge is 0.341 e. The monoisotopic (exact) mass is 489 g/mol. The van der Waals surface area contributed by atoms with Gasteiger partial charge in [0.05, 0.1) is 17.7 Å². The van der Waals surface area contributed by atoms with Crippen molar-refractivity contribution in [1.82, 2.24) is 0 Å². The lowest BCUT2D eigenvalue weighted by Crippen LogP contribution is -2.28. The summed E-state index contributed by atoms with van der Waals surface area (Å²) in [7, 11) is 1.38. The van der Waals surface area contributed by atoms with Crippen LogP contribution in [0.4, 0.5) is 5.00 Å². The second-order valence-electron chi connectivity index (χ2n) is 9.18. The molecule has 0 bridgehead atoms.